The van der Waals surface area contributed by atoms with E-state index in [1.807, 2.05) is 0 Å². The van der Waals surface area contributed by atoms with E-state index in [9.17, 15) is 14.3 Å². The fourth-order valence-corrected chi connectivity index (χ4v) is 7.03. The lowest BCUT2D eigenvalue weighted by molar-refractivity contribution is -0.151. The van der Waals surface area contributed by atoms with Crippen molar-refractivity contribution < 1.29 is 14.3 Å². The van der Waals surface area contributed by atoms with Gasteiger partial charge >= 0.3 is 0 Å². The number of aliphatic hydroxyl groups excluding tert-OH is 1. The molecule has 0 bridgehead atoms. The maximum Gasteiger partial charge on any atom is 0.167 e. The Morgan fingerprint density at radius 2 is 1.77 bits per heavy atom. The van der Waals surface area contributed by atoms with Crippen molar-refractivity contribution in [3.8, 4) is 0 Å². The summed E-state index contributed by atoms with van der Waals surface area (Å²) in [6.07, 6.45) is 6.06. The quantitative estimate of drug-likeness (QED) is 0.737. The van der Waals surface area contributed by atoms with Crippen molar-refractivity contribution in [2.75, 3.05) is 0 Å². The molecule has 4 fully saturated rings. The highest BCUT2D eigenvalue weighted by Crippen LogP contribution is 2.66. The van der Waals surface area contributed by atoms with Gasteiger partial charge in [-0.1, -0.05) is 13.8 Å². The molecule has 1 N–H and O–H groups in total. The van der Waals surface area contributed by atoms with Crippen LogP contribution in [0.4, 0.5) is 4.39 Å². The fourth-order valence-electron chi connectivity index (χ4n) is 7.03. The van der Waals surface area contributed by atoms with Crippen molar-refractivity contribution >= 4 is 5.78 Å². The Bertz CT molecular complexity index is 492. The highest BCUT2D eigenvalue weighted by atomic mass is 19.1. The fraction of sp³-hybridized carbons (Fsp3) is 0.947. The second-order valence-corrected chi connectivity index (χ2v) is 9.14. The van der Waals surface area contributed by atoms with Crippen molar-refractivity contribution in [1.82, 2.24) is 0 Å². The van der Waals surface area contributed by atoms with Gasteiger partial charge in [-0.2, -0.15) is 0 Å². The lowest BCUT2D eigenvalue weighted by atomic mass is 9.45. The van der Waals surface area contributed by atoms with Crippen LogP contribution in [0.25, 0.3) is 0 Å². The van der Waals surface area contributed by atoms with Gasteiger partial charge in [0.15, 0.2) is 12.0 Å². The smallest absolute Gasteiger partial charge is 0.167 e. The van der Waals surface area contributed by atoms with Gasteiger partial charge in [-0.3, -0.25) is 4.79 Å². The first kappa shape index (κ1) is 15.1. The number of alkyl halides is 1. The Morgan fingerprint density at radius 1 is 1.05 bits per heavy atom. The number of aliphatic hydroxyl groups is 1. The number of halogens is 1. The summed E-state index contributed by atoms with van der Waals surface area (Å²) in [6.45, 7) is 4.55. The molecule has 0 aromatic rings. The number of carbonyl (C=O) groups excluding carboxylic acids is 1. The molecule has 3 unspecified atom stereocenters. The van der Waals surface area contributed by atoms with E-state index in [0.29, 0.717) is 36.5 Å². The highest BCUT2D eigenvalue weighted by molar-refractivity contribution is 5.84. The number of rotatable bonds is 0. The molecule has 2 nitrogen and oxygen atoms in total. The summed E-state index contributed by atoms with van der Waals surface area (Å²) in [5.41, 5.74) is 0.0923. The predicted octanol–water partition coefficient (Wildman–Crippen LogP) is 3.91. The molecule has 0 saturated heterocycles. The van der Waals surface area contributed by atoms with E-state index in [0.717, 1.165) is 32.1 Å². The normalized spacial score (nSPS) is 57.9. The van der Waals surface area contributed by atoms with Gasteiger partial charge in [-0.05, 0) is 79.4 Å². The molecule has 4 saturated carbocycles. The summed E-state index contributed by atoms with van der Waals surface area (Å²) < 4.78 is 14.2. The number of hydrogen-bond acceptors (Lipinski definition) is 2. The van der Waals surface area contributed by atoms with E-state index >= 15 is 0 Å². The third kappa shape index (κ3) is 1.84. The SMILES string of the molecule is C[C@]12CC(F)C(=O)CC1CC[C@@H]1[C@H]2CC[C@]2(C)C(O)CC[C@@H]12. The molecule has 0 amide bonds. The maximum atomic E-state index is 14.2. The van der Waals surface area contributed by atoms with Crippen molar-refractivity contribution in [1.29, 1.82) is 0 Å². The Labute approximate surface area is 132 Å². The molecule has 4 rings (SSSR count). The molecule has 8 atom stereocenters. The van der Waals surface area contributed by atoms with Gasteiger partial charge in [0.2, 0.25) is 0 Å². The number of Topliss-reactive ketones (excluding diaryl/α,β-unsaturated/α-hetero) is 1. The molecular weight excluding hydrogens is 279 g/mol. The first-order valence-electron chi connectivity index (χ1n) is 9.21. The Balaban J connectivity index is 1.65. The van der Waals surface area contributed by atoms with E-state index < -0.39 is 6.17 Å². The zero-order chi connectivity index (χ0) is 15.7. The van der Waals surface area contributed by atoms with Crippen molar-refractivity contribution in [2.45, 2.75) is 77.5 Å². The number of carbonyl (C=O) groups is 1. The molecule has 22 heavy (non-hydrogen) atoms. The monoisotopic (exact) mass is 308 g/mol. The zero-order valence-corrected chi connectivity index (χ0v) is 13.9. The number of fused-ring (bicyclic) bond motifs is 5. The predicted molar refractivity (Wildman–Crippen MR) is 83.0 cm³/mol. The number of ketones is 1. The van der Waals surface area contributed by atoms with Crippen LogP contribution < -0.4 is 0 Å². The van der Waals surface area contributed by atoms with Gasteiger partial charge in [0.25, 0.3) is 0 Å². The van der Waals surface area contributed by atoms with E-state index in [1.165, 1.54) is 6.42 Å². The lowest BCUT2D eigenvalue weighted by Crippen LogP contribution is -2.55. The minimum Gasteiger partial charge on any atom is -0.393 e. The zero-order valence-electron chi connectivity index (χ0n) is 13.9. The molecule has 0 spiro atoms. The Morgan fingerprint density at radius 3 is 2.55 bits per heavy atom. The van der Waals surface area contributed by atoms with Gasteiger partial charge in [0.05, 0.1) is 6.10 Å². The summed E-state index contributed by atoms with van der Waals surface area (Å²) in [5.74, 6) is 2.04. The topological polar surface area (TPSA) is 37.3 Å². The van der Waals surface area contributed by atoms with Gasteiger partial charge in [0, 0.05) is 6.42 Å². The van der Waals surface area contributed by atoms with Gasteiger partial charge in [-0.25, -0.2) is 4.39 Å². The Kier molecular flexibility index (Phi) is 3.28. The van der Waals surface area contributed by atoms with Crippen LogP contribution in [-0.2, 0) is 4.79 Å². The van der Waals surface area contributed by atoms with Crippen molar-refractivity contribution in [3.63, 3.8) is 0 Å². The molecular formula is C19H29FO2. The molecule has 0 aromatic heterocycles. The molecule has 0 aromatic carbocycles. The van der Waals surface area contributed by atoms with E-state index in [4.69, 9.17) is 0 Å². The molecule has 0 heterocycles. The van der Waals surface area contributed by atoms with Gasteiger partial charge in [-0.15, -0.1) is 0 Å². The maximum absolute atomic E-state index is 14.2. The summed E-state index contributed by atoms with van der Waals surface area (Å²) in [6, 6.07) is 0. The van der Waals surface area contributed by atoms with Gasteiger partial charge < -0.3 is 5.11 Å². The third-order valence-corrected chi connectivity index (χ3v) is 8.43. The molecule has 0 radical (unpaired) electrons. The molecule has 0 aliphatic heterocycles. The van der Waals surface area contributed by atoms with Crippen LogP contribution in [0.1, 0.15) is 65.2 Å². The third-order valence-electron chi connectivity index (χ3n) is 8.43. The van der Waals surface area contributed by atoms with Crippen LogP contribution in [0, 0.1) is 34.5 Å². The highest BCUT2D eigenvalue weighted by Gasteiger charge is 2.61. The minimum atomic E-state index is -1.23. The van der Waals surface area contributed by atoms with Crippen LogP contribution >= 0.6 is 0 Å². The summed E-state index contributed by atoms with van der Waals surface area (Å²) in [5, 5.41) is 10.4. The molecule has 4 aliphatic carbocycles. The second-order valence-electron chi connectivity index (χ2n) is 9.14. The van der Waals surface area contributed by atoms with E-state index in [1.54, 1.807) is 0 Å². The van der Waals surface area contributed by atoms with Crippen LogP contribution in [0.2, 0.25) is 0 Å². The lowest BCUT2D eigenvalue weighted by Gasteiger charge is -2.60. The first-order chi connectivity index (χ1) is 10.4. The van der Waals surface area contributed by atoms with E-state index in [-0.39, 0.29) is 22.7 Å². The second kappa shape index (κ2) is 4.78. The average Bonchev–Trinajstić information content (AvgIpc) is 2.77. The van der Waals surface area contributed by atoms with Crippen LogP contribution in [0.5, 0.6) is 0 Å². The Hall–Kier alpha value is -0.440. The van der Waals surface area contributed by atoms with Crippen LogP contribution in [-0.4, -0.2) is 23.2 Å². The van der Waals surface area contributed by atoms with Crippen LogP contribution in [0.15, 0.2) is 0 Å². The average molecular weight is 308 g/mol. The first-order valence-corrected chi connectivity index (χ1v) is 9.21. The minimum absolute atomic E-state index is 0.00508. The molecule has 3 heteroatoms. The standard InChI is InChI=1S/C19H29FO2/c1-18-8-7-14-12(13(18)5-6-17(18)22)4-3-11-9-16(21)15(20)10-19(11,14)2/h11-15,17,22H,3-10H2,1-2H3/t11?,12-,13-,14+,15?,17?,18-,19-/m0/s1. The summed E-state index contributed by atoms with van der Waals surface area (Å²) in [7, 11) is 0. The summed E-state index contributed by atoms with van der Waals surface area (Å²) >= 11 is 0. The van der Waals surface area contributed by atoms with Crippen molar-refractivity contribution in [3.05, 3.63) is 0 Å². The largest absolute Gasteiger partial charge is 0.393 e. The molecule has 4 aliphatic rings. The van der Waals surface area contributed by atoms with Crippen molar-refractivity contribution in [2.24, 2.45) is 34.5 Å². The van der Waals surface area contributed by atoms with Crippen LogP contribution in [0.3, 0.4) is 0 Å². The number of hydrogen-bond donors (Lipinski definition) is 1. The van der Waals surface area contributed by atoms with E-state index in [2.05, 4.69) is 13.8 Å². The van der Waals surface area contributed by atoms with Gasteiger partial charge in [0.1, 0.15) is 0 Å². The molecule has 124 valence electrons. The summed E-state index contributed by atoms with van der Waals surface area (Å²) in [4.78, 5) is 11.8.